The van der Waals surface area contributed by atoms with Crippen LogP contribution in [0.2, 0.25) is 10.3 Å². The molecule has 0 saturated carbocycles. The third-order valence-corrected chi connectivity index (χ3v) is 5.13. The number of hydrogen-bond donors (Lipinski definition) is 2. The second kappa shape index (κ2) is 6.68. The summed E-state index contributed by atoms with van der Waals surface area (Å²) >= 11 is 14.9. The SMILES string of the molecule is CN(c1cc(O)c(Cl)cc1Nc1nc(Cl)ncc1Br)S(C)(=O)=O. The van der Waals surface area contributed by atoms with Crippen LogP contribution < -0.4 is 9.62 Å². The molecule has 0 fully saturated rings. The number of nitrogens with one attached hydrogen (secondary N) is 1. The maximum Gasteiger partial charge on any atom is 0.232 e. The van der Waals surface area contributed by atoms with E-state index in [1.165, 1.54) is 25.4 Å². The predicted molar refractivity (Wildman–Crippen MR) is 94.4 cm³/mol. The van der Waals surface area contributed by atoms with Gasteiger partial charge in [-0.2, -0.15) is 4.98 Å². The number of hydrogen-bond acceptors (Lipinski definition) is 6. The molecule has 7 nitrogen and oxygen atoms in total. The highest BCUT2D eigenvalue weighted by Crippen LogP contribution is 2.38. The van der Waals surface area contributed by atoms with Gasteiger partial charge in [0.15, 0.2) is 0 Å². The lowest BCUT2D eigenvalue weighted by molar-refractivity contribution is 0.476. The summed E-state index contributed by atoms with van der Waals surface area (Å²) in [5.74, 6) is 0.0670. The third kappa shape index (κ3) is 4.17. The summed E-state index contributed by atoms with van der Waals surface area (Å²) in [4.78, 5) is 7.81. The number of halogens is 3. The van der Waals surface area contributed by atoms with Crippen LogP contribution in [-0.4, -0.2) is 36.8 Å². The van der Waals surface area contributed by atoms with Crippen molar-refractivity contribution in [1.29, 1.82) is 0 Å². The lowest BCUT2D eigenvalue weighted by atomic mass is 10.2. The van der Waals surface area contributed by atoms with Crippen molar-refractivity contribution in [1.82, 2.24) is 9.97 Å². The lowest BCUT2D eigenvalue weighted by Gasteiger charge is -2.21. The number of sulfonamides is 1. The third-order valence-electron chi connectivity index (χ3n) is 2.87. The molecule has 0 bridgehead atoms. The van der Waals surface area contributed by atoms with Crippen molar-refractivity contribution in [3.8, 4) is 5.75 Å². The van der Waals surface area contributed by atoms with E-state index in [9.17, 15) is 13.5 Å². The highest BCUT2D eigenvalue weighted by Gasteiger charge is 2.19. The average Bonchev–Trinajstić information content (AvgIpc) is 2.44. The quantitative estimate of drug-likeness (QED) is 0.557. The van der Waals surface area contributed by atoms with Gasteiger partial charge in [-0.05, 0) is 33.6 Å². The van der Waals surface area contributed by atoms with Crippen LogP contribution in [0.4, 0.5) is 17.2 Å². The molecule has 0 saturated heterocycles. The van der Waals surface area contributed by atoms with E-state index >= 15 is 0 Å². The molecule has 0 aliphatic carbocycles. The molecule has 11 heteroatoms. The van der Waals surface area contributed by atoms with Gasteiger partial charge in [-0.1, -0.05) is 11.6 Å². The summed E-state index contributed by atoms with van der Waals surface area (Å²) in [5, 5.41) is 12.7. The Labute approximate surface area is 151 Å². The van der Waals surface area contributed by atoms with Gasteiger partial charge in [-0.3, -0.25) is 4.31 Å². The molecular formula is C12H11BrCl2N4O3S. The highest BCUT2D eigenvalue weighted by atomic mass is 79.9. The zero-order valence-corrected chi connectivity index (χ0v) is 15.8. The van der Waals surface area contributed by atoms with E-state index in [0.717, 1.165) is 10.6 Å². The fourth-order valence-corrected chi connectivity index (χ4v) is 2.75. The molecular weight excluding hydrogens is 431 g/mol. The van der Waals surface area contributed by atoms with Crippen molar-refractivity contribution in [2.24, 2.45) is 0 Å². The van der Waals surface area contributed by atoms with Crippen molar-refractivity contribution in [3.63, 3.8) is 0 Å². The first-order valence-electron chi connectivity index (χ1n) is 6.01. The number of anilines is 3. The summed E-state index contributed by atoms with van der Waals surface area (Å²) in [6.07, 6.45) is 2.49. The van der Waals surface area contributed by atoms with Crippen LogP contribution in [0.5, 0.6) is 5.75 Å². The fourth-order valence-electron chi connectivity index (χ4n) is 1.65. The van der Waals surface area contributed by atoms with Crippen LogP contribution in [0.15, 0.2) is 22.8 Å². The molecule has 2 rings (SSSR count). The Kier molecular flexibility index (Phi) is 5.24. The topological polar surface area (TPSA) is 95.4 Å². The minimum Gasteiger partial charge on any atom is -0.506 e. The zero-order chi connectivity index (χ0) is 17.4. The summed E-state index contributed by atoms with van der Waals surface area (Å²) in [7, 11) is -2.20. The fraction of sp³-hybridized carbons (Fsp3) is 0.167. The summed E-state index contributed by atoms with van der Waals surface area (Å²) in [6.45, 7) is 0. The molecule has 2 N–H and O–H groups in total. The van der Waals surface area contributed by atoms with E-state index in [1.54, 1.807) is 0 Å². The Hall–Kier alpha value is -1.29. The first-order chi connectivity index (χ1) is 10.6. The molecule has 0 aliphatic heterocycles. The maximum atomic E-state index is 11.8. The largest absolute Gasteiger partial charge is 0.506 e. The van der Waals surface area contributed by atoms with E-state index < -0.39 is 10.0 Å². The van der Waals surface area contributed by atoms with Gasteiger partial charge in [0.05, 0.1) is 27.1 Å². The van der Waals surface area contributed by atoms with Gasteiger partial charge >= 0.3 is 0 Å². The number of rotatable bonds is 4. The molecule has 124 valence electrons. The molecule has 2 aromatic rings. The van der Waals surface area contributed by atoms with Crippen molar-refractivity contribution in [2.45, 2.75) is 0 Å². The van der Waals surface area contributed by atoms with Crippen molar-refractivity contribution >= 4 is 66.3 Å². The minimum absolute atomic E-state index is 0.0126. The number of aromatic hydroxyl groups is 1. The first kappa shape index (κ1) is 18.1. The molecule has 0 aliphatic rings. The van der Waals surface area contributed by atoms with Crippen LogP contribution in [-0.2, 0) is 10.0 Å². The van der Waals surface area contributed by atoms with E-state index in [4.69, 9.17) is 23.2 Å². The average molecular weight is 442 g/mol. The van der Waals surface area contributed by atoms with Crippen LogP contribution in [0.1, 0.15) is 0 Å². The normalized spacial score (nSPS) is 11.3. The minimum atomic E-state index is -3.55. The molecule has 1 heterocycles. The Balaban J connectivity index is 2.57. The standard InChI is InChI=1S/C12H11BrCl2N4O3S/c1-19(23(2,21)22)9-4-10(20)7(14)3-8(9)17-11-6(13)5-16-12(15)18-11/h3-5,20H,1-2H3,(H,16,17,18). The Morgan fingerprint density at radius 2 is 2.00 bits per heavy atom. The zero-order valence-electron chi connectivity index (χ0n) is 11.9. The van der Waals surface area contributed by atoms with Crippen molar-refractivity contribution in [2.75, 3.05) is 22.9 Å². The van der Waals surface area contributed by atoms with Gasteiger partial charge in [0.25, 0.3) is 0 Å². The van der Waals surface area contributed by atoms with E-state index in [1.807, 2.05) is 0 Å². The van der Waals surface area contributed by atoms with E-state index in [-0.39, 0.29) is 21.7 Å². The highest BCUT2D eigenvalue weighted by molar-refractivity contribution is 9.10. The second-order valence-corrected chi connectivity index (χ2v) is 8.13. The first-order valence-corrected chi connectivity index (χ1v) is 9.41. The van der Waals surface area contributed by atoms with Gasteiger partial charge in [0, 0.05) is 19.3 Å². The monoisotopic (exact) mass is 440 g/mol. The Morgan fingerprint density at radius 3 is 2.61 bits per heavy atom. The van der Waals surface area contributed by atoms with Gasteiger partial charge < -0.3 is 10.4 Å². The Morgan fingerprint density at radius 1 is 1.35 bits per heavy atom. The number of benzene rings is 1. The lowest BCUT2D eigenvalue weighted by Crippen LogP contribution is -2.25. The van der Waals surface area contributed by atoms with Gasteiger partial charge in [-0.15, -0.1) is 0 Å². The molecule has 1 aromatic carbocycles. The van der Waals surface area contributed by atoms with Gasteiger partial charge in [0.2, 0.25) is 15.3 Å². The number of phenols is 1. The van der Waals surface area contributed by atoms with Crippen molar-refractivity contribution in [3.05, 3.63) is 33.1 Å². The number of aromatic nitrogens is 2. The predicted octanol–water partition coefficient (Wildman–Crippen LogP) is 3.39. The van der Waals surface area contributed by atoms with E-state index in [2.05, 4.69) is 31.2 Å². The van der Waals surface area contributed by atoms with Crippen LogP contribution in [0.25, 0.3) is 0 Å². The summed E-state index contributed by atoms with van der Waals surface area (Å²) < 4.78 is 25.1. The molecule has 0 spiro atoms. The maximum absolute atomic E-state index is 11.8. The molecule has 23 heavy (non-hydrogen) atoms. The van der Waals surface area contributed by atoms with E-state index in [0.29, 0.717) is 16.0 Å². The molecule has 1 aromatic heterocycles. The number of phenolic OH excluding ortho intramolecular Hbond substituents is 1. The number of nitrogens with zero attached hydrogens (tertiary/aromatic N) is 3. The van der Waals surface area contributed by atoms with Crippen LogP contribution in [0.3, 0.4) is 0 Å². The van der Waals surface area contributed by atoms with Gasteiger partial charge in [-0.25, -0.2) is 13.4 Å². The second-order valence-electron chi connectivity index (χ2n) is 4.51. The van der Waals surface area contributed by atoms with Gasteiger partial charge in [0.1, 0.15) is 11.6 Å². The molecule has 0 atom stereocenters. The molecule has 0 radical (unpaired) electrons. The smallest absolute Gasteiger partial charge is 0.232 e. The summed E-state index contributed by atoms with van der Waals surface area (Å²) in [6, 6.07) is 2.62. The Bertz CT molecular complexity index is 864. The van der Waals surface area contributed by atoms with Crippen LogP contribution in [0, 0.1) is 0 Å². The molecule has 0 unspecified atom stereocenters. The summed E-state index contributed by atoms with van der Waals surface area (Å²) in [5.41, 5.74) is 0.507. The van der Waals surface area contributed by atoms with Crippen LogP contribution >= 0.6 is 39.1 Å². The molecule has 0 amide bonds. The van der Waals surface area contributed by atoms with Crippen molar-refractivity contribution < 1.29 is 13.5 Å².